The van der Waals surface area contributed by atoms with Gasteiger partial charge < -0.3 is 24.4 Å². The SMILES string of the molecule is CN1/C(=C\C=c2/o/c(=c3/s/c(=C4/SC(=O)N(CC(=O)O)C4=O)n(CC(=O)O)c3=O)n(CCS(=O)(=O)O)c2=O)N(CCCS(=O)(=O)O)c2ccc3ccccc3c21. The number of carboxylic acids is 2. The number of carbonyl (C=O) groups excluding carboxylic acids is 2. The molecule has 4 N–H and O–H groups in total. The second kappa shape index (κ2) is 15.2. The molecular formula is C32H29N5O15S4. The zero-order chi connectivity index (χ0) is 40.9. The molecule has 2 aromatic carbocycles. The van der Waals surface area contributed by atoms with Crippen LogP contribution in [0.25, 0.3) is 21.8 Å². The van der Waals surface area contributed by atoms with Crippen molar-refractivity contribution < 1.29 is 59.7 Å². The van der Waals surface area contributed by atoms with Crippen LogP contribution in [-0.2, 0) is 47.7 Å². The Bertz CT molecular complexity index is 2960. The van der Waals surface area contributed by atoms with E-state index in [-0.39, 0.29) is 29.4 Å². The third-order valence-corrected chi connectivity index (χ3v) is 12.3. The van der Waals surface area contributed by atoms with Crippen LogP contribution >= 0.6 is 23.1 Å². The first-order valence-corrected chi connectivity index (χ1v) is 20.9. The molecule has 0 bridgehead atoms. The number of allylic oxidation sites excluding steroid dienone is 1. The van der Waals surface area contributed by atoms with Gasteiger partial charge in [-0.05, 0) is 41.8 Å². The normalized spacial score (nSPS) is 17.5. The molecule has 4 heterocycles. The van der Waals surface area contributed by atoms with Crippen molar-refractivity contribution in [3.8, 4) is 0 Å². The maximum absolute atomic E-state index is 13.8. The van der Waals surface area contributed by atoms with E-state index in [1.54, 1.807) is 16.8 Å². The summed E-state index contributed by atoms with van der Waals surface area (Å²) in [6, 6.07) is 11.1. The quantitative estimate of drug-likeness (QED) is 0.135. The fourth-order valence-corrected chi connectivity index (χ4v) is 9.18. The highest BCUT2D eigenvalue weighted by molar-refractivity contribution is 8.23. The number of aromatic nitrogens is 2. The lowest BCUT2D eigenvalue weighted by molar-refractivity contribution is -0.140. The summed E-state index contributed by atoms with van der Waals surface area (Å²) >= 11 is 0.677. The number of thiazole rings is 1. The van der Waals surface area contributed by atoms with Crippen molar-refractivity contribution in [2.45, 2.75) is 19.5 Å². The smallest absolute Gasteiger partial charge is 0.323 e. The molecule has 1 fully saturated rings. The van der Waals surface area contributed by atoms with Crippen molar-refractivity contribution in [3.63, 3.8) is 0 Å². The minimum Gasteiger partial charge on any atom is -0.480 e. The first-order valence-electron chi connectivity index (χ1n) is 16.1. The van der Waals surface area contributed by atoms with E-state index in [4.69, 9.17) is 9.52 Å². The number of hydrogen-bond acceptors (Lipinski definition) is 15. The van der Waals surface area contributed by atoms with Gasteiger partial charge in [-0.15, -0.1) is 11.3 Å². The number of aliphatic carboxylic acids is 2. The third-order valence-electron chi connectivity index (χ3n) is 8.48. The van der Waals surface area contributed by atoms with Crippen LogP contribution in [0.5, 0.6) is 0 Å². The van der Waals surface area contributed by atoms with E-state index in [0.29, 0.717) is 36.9 Å². The van der Waals surface area contributed by atoms with Crippen LogP contribution in [0.3, 0.4) is 0 Å². The first kappa shape index (κ1) is 40.1. The Morgan fingerprint density at radius 1 is 0.821 bits per heavy atom. The molecule has 2 aliphatic rings. The number of imide groups is 1. The maximum Gasteiger partial charge on any atom is 0.323 e. The van der Waals surface area contributed by atoms with Gasteiger partial charge in [0.25, 0.3) is 42.5 Å². The summed E-state index contributed by atoms with van der Waals surface area (Å²) < 4.78 is 71.7. The van der Waals surface area contributed by atoms with E-state index in [0.717, 1.165) is 16.5 Å². The number of carbonyl (C=O) groups is 4. The number of amides is 2. The van der Waals surface area contributed by atoms with Gasteiger partial charge in [0.05, 0.1) is 22.9 Å². The van der Waals surface area contributed by atoms with E-state index >= 15 is 0 Å². The Kier molecular flexibility index (Phi) is 10.9. The fraction of sp³-hybridized carbons (Fsp3) is 0.250. The molecular weight excluding hydrogens is 823 g/mol. The topological polar surface area (TPSA) is 284 Å². The molecule has 0 unspecified atom stereocenters. The van der Waals surface area contributed by atoms with Crippen molar-refractivity contribution >= 4 is 99.5 Å². The monoisotopic (exact) mass is 851 g/mol. The zero-order valence-corrected chi connectivity index (χ0v) is 32.0. The molecule has 4 aromatic rings. The van der Waals surface area contributed by atoms with Crippen molar-refractivity contribution in [1.29, 1.82) is 0 Å². The lowest BCUT2D eigenvalue weighted by atomic mass is 10.1. The molecule has 0 aliphatic carbocycles. The highest BCUT2D eigenvalue weighted by Gasteiger charge is 2.38. The molecule has 0 radical (unpaired) electrons. The number of carboxylic acid groups (broad SMARTS) is 2. The van der Waals surface area contributed by atoms with Gasteiger partial charge in [0, 0.05) is 25.5 Å². The Morgan fingerprint density at radius 3 is 2.16 bits per heavy atom. The number of hydrogen-bond donors (Lipinski definition) is 4. The first-order chi connectivity index (χ1) is 26.3. The van der Waals surface area contributed by atoms with Crippen molar-refractivity contribution in [2.75, 3.05) is 41.4 Å². The number of anilines is 2. The largest absolute Gasteiger partial charge is 0.480 e. The van der Waals surface area contributed by atoms with Gasteiger partial charge in [-0.2, -0.15) is 16.8 Å². The summed E-state index contributed by atoms with van der Waals surface area (Å²) in [6.07, 6.45) is 2.63. The highest BCUT2D eigenvalue weighted by Crippen LogP contribution is 2.45. The van der Waals surface area contributed by atoms with Crippen molar-refractivity contribution in [3.05, 3.63) is 89.2 Å². The molecule has 20 nitrogen and oxygen atoms in total. The summed E-state index contributed by atoms with van der Waals surface area (Å²) in [5.41, 5.74) is -1.80. The molecule has 0 spiro atoms. The maximum atomic E-state index is 13.8. The van der Waals surface area contributed by atoms with Crippen LogP contribution in [0, 0.1) is 10.1 Å². The summed E-state index contributed by atoms with van der Waals surface area (Å²) in [7, 11) is -7.30. The number of thioether (sulfide) groups is 1. The van der Waals surface area contributed by atoms with Gasteiger partial charge in [0.15, 0.2) is 9.95 Å². The van der Waals surface area contributed by atoms with Gasteiger partial charge in [0.1, 0.15) is 28.5 Å². The zero-order valence-electron chi connectivity index (χ0n) is 28.7. The molecule has 1 saturated heterocycles. The number of rotatable bonds is 12. The van der Waals surface area contributed by atoms with E-state index in [9.17, 15) is 59.8 Å². The molecule has 2 aromatic heterocycles. The number of oxazole rings is 1. The second-order valence-electron chi connectivity index (χ2n) is 12.2. The van der Waals surface area contributed by atoms with Crippen LogP contribution < -0.4 is 31.0 Å². The van der Waals surface area contributed by atoms with Crippen LogP contribution in [0.2, 0.25) is 0 Å². The molecule has 296 valence electrons. The van der Waals surface area contributed by atoms with Crippen LogP contribution in [0.15, 0.2) is 62.3 Å². The summed E-state index contributed by atoms with van der Waals surface area (Å²) in [5.74, 6) is -5.39. The second-order valence-corrected chi connectivity index (χ2v) is 17.3. The molecule has 2 aliphatic heterocycles. The number of fused-ring (bicyclic) bond motifs is 3. The number of nitrogens with zero attached hydrogens (tertiary/aromatic N) is 5. The molecule has 56 heavy (non-hydrogen) atoms. The third kappa shape index (κ3) is 8.05. The van der Waals surface area contributed by atoms with Crippen LogP contribution in [-0.4, -0.2) is 105 Å². The van der Waals surface area contributed by atoms with E-state index in [1.807, 2.05) is 36.4 Å². The Morgan fingerprint density at radius 2 is 1.50 bits per heavy atom. The lowest BCUT2D eigenvalue weighted by Gasteiger charge is -2.22. The molecule has 0 saturated carbocycles. The predicted octanol–water partition coefficient (Wildman–Crippen LogP) is -0.179. The average Bonchev–Trinajstić information content (AvgIpc) is 3.77. The lowest BCUT2D eigenvalue weighted by Crippen LogP contribution is -2.35. The van der Waals surface area contributed by atoms with E-state index in [1.165, 1.54) is 12.2 Å². The summed E-state index contributed by atoms with van der Waals surface area (Å²) in [6.45, 7) is -2.75. The Hall–Kier alpha value is -5.53. The van der Waals surface area contributed by atoms with Crippen molar-refractivity contribution in [2.24, 2.45) is 0 Å². The minimum atomic E-state index is -4.71. The van der Waals surface area contributed by atoms with Crippen LogP contribution in [0.4, 0.5) is 16.2 Å². The van der Waals surface area contributed by atoms with Gasteiger partial charge >= 0.3 is 11.9 Å². The fourth-order valence-electron chi connectivity index (χ4n) is 6.13. The van der Waals surface area contributed by atoms with Gasteiger partial charge in [-0.25, -0.2) is 0 Å². The van der Waals surface area contributed by atoms with Crippen molar-refractivity contribution in [1.82, 2.24) is 14.0 Å². The molecule has 0 atom stereocenters. The molecule has 2 amide bonds. The standard InChI is InChI=1S/C32H29N5O15S4/c1-33-21(34(11-4-13-55(46,47)48)19-8-7-17-5-2-3-6-18(17)24(19)33)10-9-20-27(42)35(12-14-56(49,50)51)30(52-20)25-28(43)36(15-22(38)39)31(53-25)26-29(44)37(16-23(40)41)32(45)54-26/h2-3,5-10H,4,11-16H2,1H3,(H,38,39)(H,40,41)(H,46,47,48)(H,49,50,51)/b20-9-,21-10+,30-25+,31-26+. The van der Waals surface area contributed by atoms with Gasteiger partial charge in [0.2, 0.25) is 5.55 Å². The average molecular weight is 852 g/mol. The van der Waals surface area contributed by atoms with Gasteiger partial charge in [-0.1, -0.05) is 30.3 Å². The number of benzene rings is 2. The summed E-state index contributed by atoms with van der Waals surface area (Å²) in [5, 5.41) is 19.5. The Balaban J connectivity index is 1.60. The minimum absolute atomic E-state index is 0.00753. The van der Waals surface area contributed by atoms with Gasteiger partial charge in [-0.3, -0.25) is 51.9 Å². The predicted molar refractivity (Wildman–Crippen MR) is 202 cm³/mol. The molecule has 6 rings (SSSR count). The Labute approximate surface area is 322 Å². The molecule has 24 heteroatoms. The van der Waals surface area contributed by atoms with Crippen LogP contribution in [0.1, 0.15) is 6.42 Å². The highest BCUT2D eigenvalue weighted by atomic mass is 32.2. The summed E-state index contributed by atoms with van der Waals surface area (Å²) in [4.78, 5) is 79.8. The van der Waals surface area contributed by atoms with E-state index < -0.39 is 106 Å². The van der Waals surface area contributed by atoms with E-state index in [2.05, 4.69) is 0 Å².